The Morgan fingerprint density at radius 2 is 1.96 bits per heavy atom. The van der Waals surface area contributed by atoms with Crippen molar-refractivity contribution in [2.45, 2.75) is 26.8 Å². The van der Waals surface area contributed by atoms with E-state index in [0.29, 0.717) is 18.4 Å². The van der Waals surface area contributed by atoms with Crippen LogP contribution < -0.4 is 5.32 Å². The van der Waals surface area contributed by atoms with Gasteiger partial charge in [0.15, 0.2) is 0 Å². The molecule has 5 nitrogen and oxygen atoms in total. The van der Waals surface area contributed by atoms with Crippen LogP contribution in [0.15, 0.2) is 28.7 Å². The molecule has 1 saturated heterocycles. The van der Waals surface area contributed by atoms with Crippen molar-refractivity contribution in [3.63, 3.8) is 0 Å². The number of piperidine rings is 1. The number of ether oxygens (including phenoxy) is 1. The first-order valence-corrected chi connectivity index (χ1v) is 9.10. The predicted molar refractivity (Wildman–Crippen MR) is 96.3 cm³/mol. The molecule has 0 bridgehead atoms. The summed E-state index contributed by atoms with van der Waals surface area (Å²) < 4.78 is 6.25. The third-order valence-electron chi connectivity index (χ3n) is 4.06. The molecule has 6 heteroatoms. The highest BCUT2D eigenvalue weighted by Crippen LogP contribution is 2.20. The van der Waals surface area contributed by atoms with Crippen LogP contribution in [0.5, 0.6) is 0 Å². The zero-order chi connectivity index (χ0) is 17.5. The standard InChI is InChI=1S/C18H25BrN2O3/c1-13-6-14(2)10-21(9-13)18(23)12-24-11-17(22)20-8-15-4-3-5-16(19)7-15/h3-5,7,13-14H,6,8-12H2,1-2H3,(H,20,22)/t13-,14-/m1/s1. The van der Waals surface area contributed by atoms with Gasteiger partial charge in [-0.3, -0.25) is 9.59 Å². The molecule has 2 atom stereocenters. The van der Waals surface area contributed by atoms with Crippen LogP contribution in [0, 0.1) is 11.8 Å². The van der Waals surface area contributed by atoms with E-state index >= 15 is 0 Å². The highest BCUT2D eigenvalue weighted by Gasteiger charge is 2.25. The molecule has 1 heterocycles. The number of hydrogen-bond acceptors (Lipinski definition) is 3. The fourth-order valence-electron chi connectivity index (χ4n) is 3.09. The van der Waals surface area contributed by atoms with Gasteiger partial charge in [0, 0.05) is 24.1 Å². The van der Waals surface area contributed by atoms with E-state index in [0.717, 1.165) is 29.5 Å². The Morgan fingerprint density at radius 1 is 1.25 bits per heavy atom. The molecular weight excluding hydrogens is 372 g/mol. The van der Waals surface area contributed by atoms with Crippen LogP contribution in [0.2, 0.25) is 0 Å². The summed E-state index contributed by atoms with van der Waals surface area (Å²) in [5.74, 6) is 0.786. The highest BCUT2D eigenvalue weighted by molar-refractivity contribution is 9.10. The molecular formula is C18H25BrN2O3. The molecule has 1 aliphatic rings. The molecule has 0 spiro atoms. The Balaban J connectivity index is 1.66. The molecule has 1 aliphatic heterocycles. The van der Waals surface area contributed by atoms with Gasteiger partial charge < -0.3 is 15.0 Å². The lowest BCUT2D eigenvalue weighted by Gasteiger charge is -2.34. The highest BCUT2D eigenvalue weighted by atomic mass is 79.9. The largest absolute Gasteiger partial charge is 0.362 e. The molecule has 1 aromatic rings. The van der Waals surface area contributed by atoms with Crippen LogP contribution in [-0.2, 0) is 20.9 Å². The average molecular weight is 397 g/mol. The normalized spacial score (nSPS) is 20.7. The second-order valence-electron chi connectivity index (χ2n) is 6.64. The second-order valence-corrected chi connectivity index (χ2v) is 7.56. The number of nitrogens with zero attached hydrogens (tertiary/aromatic N) is 1. The maximum atomic E-state index is 12.2. The van der Waals surface area contributed by atoms with E-state index in [9.17, 15) is 9.59 Å². The molecule has 0 aliphatic carbocycles. The Labute approximate surface area is 151 Å². The van der Waals surface area contributed by atoms with Crippen LogP contribution >= 0.6 is 15.9 Å². The molecule has 1 fully saturated rings. The van der Waals surface area contributed by atoms with E-state index in [-0.39, 0.29) is 25.0 Å². The van der Waals surface area contributed by atoms with Crippen LogP contribution in [0.4, 0.5) is 0 Å². The number of nitrogens with one attached hydrogen (secondary N) is 1. The molecule has 0 saturated carbocycles. The van der Waals surface area contributed by atoms with Crippen LogP contribution in [0.25, 0.3) is 0 Å². The summed E-state index contributed by atoms with van der Waals surface area (Å²) in [5, 5.41) is 2.78. The minimum atomic E-state index is -0.219. The van der Waals surface area contributed by atoms with Gasteiger partial charge in [-0.25, -0.2) is 0 Å². The lowest BCUT2D eigenvalue weighted by atomic mass is 9.92. The fourth-order valence-corrected chi connectivity index (χ4v) is 3.53. The van der Waals surface area contributed by atoms with Gasteiger partial charge in [0.1, 0.15) is 13.2 Å². The van der Waals surface area contributed by atoms with E-state index < -0.39 is 0 Å². The molecule has 0 aromatic heterocycles. The number of carbonyl (C=O) groups is 2. The molecule has 1 N–H and O–H groups in total. The zero-order valence-corrected chi connectivity index (χ0v) is 15.8. The summed E-state index contributed by atoms with van der Waals surface area (Å²) in [6.07, 6.45) is 1.16. The first-order valence-electron chi connectivity index (χ1n) is 8.30. The second kappa shape index (κ2) is 9.18. The van der Waals surface area contributed by atoms with Crippen LogP contribution in [0.3, 0.4) is 0 Å². The minimum Gasteiger partial charge on any atom is -0.362 e. The molecule has 2 rings (SSSR count). The molecule has 132 valence electrons. The fraction of sp³-hybridized carbons (Fsp3) is 0.556. The number of halogens is 1. The van der Waals surface area contributed by atoms with Gasteiger partial charge >= 0.3 is 0 Å². The quantitative estimate of drug-likeness (QED) is 0.803. The molecule has 2 amide bonds. The predicted octanol–water partition coefficient (Wildman–Crippen LogP) is 2.59. The van der Waals surface area contributed by atoms with Crippen molar-refractivity contribution < 1.29 is 14.3 Å². The smallest absolute Gasteiger partial charge is 0.248 e. The van der Waals surface area contributed by atoms with Crippen molar-refractivity contribution in [1.29, 1.82) is 0 Å². The summed E-state index contributed by atoms with van der Waals surface area (Å²) in [6, 6.07) is 7.74. The summed E-state index contributed by atoms with van der Waals surface area (Å²) in [7, 11) is 0. The van der Waals surface area contributed by atoms with Crippen molar-refractivity contribution in [1.82, 2.24) is 10.2 Å². The van der Waals surface area contributed by atoms with E-state index in [2.05, 4.69) is 35.1 Å². The molecule has 0 unspecified atom stereocenters. The number of hydrogen-bond donors (Lipinski definition) is 1. The third-order valence-corrected chi connectivity index (χ3v) is 4.55. The number of benzene rings is 1. The monoisotopic (exact) mass is 396 g/mol. The summed E-state index contributed by atoms with van der Waals surface area (Å²) in [4.78, 5) is 25.8. The van der Waals surface area contributed by atoms with E-state index in [4.69, 9.17) is 4.74 Å². The maximum Gasteiger partial charge on any atom is 0.248 e. The summed E-state index contributed by atoms with van der Waals surface area (Å²) >= 11 is 3.39. The van der Waals surface area contributed by atoms with Gasteiger partial charge in [-0.05, 0) is 36.0 Å². The first kappa shape index (κ1) is 18.9. The summed E-state index contributed by atoms with van der Waals surface area (Å²) in [6.45, 7) is 6.18. The van der Waals surface area contributed by atoms with E-state index in [1.165, 1.54) is 0 Å². The molecule has 0 radical (unpaired) electrons. The number of rotatable bonds is 6. The van der Waals surface area contributed by atoms with Crippen molar-refractivity contribution in [2.24, 2.45) is 11.8 Å². The minimum absolute atomic E-state index is 0.0341. The van der Waals surface area contributed by atoms with Crippen molar-refractivity contribution in [3.8, 4) is 0 Å². The Morgan fingerprint density at radius 3 is 2.62 bits per heavy atom. The lowest BCUT2D eigenvalue weighted by molar-refractivity contribution is -0.140. The number of likely N-dealkylation sites (tertiary alicyclic amines) is 1. The van der Waals surface area contributed by atoms with Gasteiger partial charge in [0.05, 0.1) is 0 Å². The van der Waals surface area contributed by atoms with Crippen molar-refractivity contribution in [3.05, 3.63) is 34.3 Å². The first-order chi connectivity index (χ1) is 11.4. The van der Waals surface area contributed by atoms with Crippen molar-refractivity contribution in [2.75, 3.05) is 26.3 Å². The van der Waals surface area contributed by atoms with Crippen LogP contribution in [0.1, 0.15) is 25.8 Å². The van der Waals surface area contributed by atoms with E-state index in [1.54, 1.807) is 0 Å². The SMILES string of the molecule is C[C@@H]1C[C@@H](C)CN(C(=O)COCC(=O)NCc2cccc(Br)c2)C1. The van der Waals surface area contributed by atoms with Gasteiger partial charge in [0.25, 0.3) is 0 Å². The maximum absolute atomic E-state index is 12.2. The Kier molecular flexibility index (Phi) is 7.24. The molecule has 1 aromatic carbocycles. The van der Waals surface area contributed by atoms with Gasteiger partial charge in [0.2, 0.25) is 11.8 Å². The van der Waals surface area contributed by atoms with Gasteiger partial charge in [-0.1, -0.05) is 41.9 Å². The molecule has 24 heavy (non-hydrogen) atoms. The third kappa shape index (κ3) is 6.24. The zero-order valence-electron chi connectivity index (χ0n) is 14.3. The van der Waals surface area contributed by atoms with E-state index in [1.807, 2.05) is 29.2 Å². The Bertz CT molecular complexity index is 569. The van der Waals surface area contributed by atoms with Crippen molar-refractivity contribution >= 4 is 27.7 Å². The average Bonchev–Trinajstić information content (AvgIpc) is 2.52. The van der Waals surface area contributed by atoms with Gasteiger partial charge in [-0.15, -0.1) is 0 Å². The Hall–Kier alpha value is -1.40. The number of amides is 2. The summed E-state index contributed by atoms with van der Waals surface area (Å²) in [5.41, 5.74) is 1.00. The topological polar surface area (TPSA) is 58.6 Å². The van der Waals surface area contributed by atoms with Gasteiger partial charge in [-0.2, -0.15) is 0 Å². The van der Waals surface area contributed by atoms with Crippen LogP contribution in [-0.4, -0.2) is 43.0 Å². The number of carbonyl (C=O) groups excluding carboxylic acids is 2. The lowest BCUT2D eigenvalue weighted by Crippen LogP contribution is -2.44.